The molecule has 6 heteroatoms. The summed E-state index contributed by atoms with van der Waals surface area (Å²) in [5, 5.41) is 5.99. The maximum atomic E-state index is 12.3. The number of carbonyl (C=O) groups is 2. The number of amides is 2. The molecule has 146 valence electrons. The van der Waals surface area contributed by atoms with Gasteiger partial charge >= 0.3 is 0 Å². The molecule has 3 rings (SSSR count). The Balaban J connectivity index is 1.65. The van der Waals surface area contributed by atoms with Crippen LogP contribution in [0.25, 0.3) is 11.0 Å². The summed E-state index contributed by atoms with van der Waals surface area (Å²) in [6.45, 7) is 3.52. The van der Waals surface area contributed by atoms with Gasteiger partial charge in [0.05, 0.1) is 11.0 Å². The first-order valence-corrected chi connectivity index (χ1v) is 10.2. The van der Waals surface area contributed by atoms with Gasteiger partial charge in [-0.3, -0.25) is 9.59 Å². The number of hydrogen-bond acceptors (Lipinski definition) is 3. The lowest BCUT2D eigenvalue weighted by Gasteiger charge is -2.20. The number of para-hydroxylation sites is 2. The summed E-state index contributed by atoms with van der Waals surface area (Å²) in [5.74, 6) is 1.16. The summed E-state index contributed by atoms with van der Waals surface area (Å²) in [5.41, 5.74) is 1.84. The number of benzene rings is 1. The lowest BCUT2D eigenvalue weighted by atomic mass is 9.89. The molecule has 0 saturated heterocycles. The minimum atomic E-state index is -0.00695. The quantitative estimate of drug-likeness (QED) is 0.750. The van der Waals surface area contributed by atoms with Crippen molar-refractivity contribution in [2.75, 3.05) is 13.1 Å². The fraction of sp³-hybridized carbons (Fsp3) is 0.571. The molecule has 1 heterocycles. The Morgan fingerprint density at radius 3 is 2.67 bits per heavy atom. The molecule has 0 aliphatic heterocycles. The van der Waals surface area contributed by atoms with Crippen molar-refractivity contribution in [1.29, 1.82) is 0 Å². The monoisotopic (exact) mass is 370 g/mol. The number of rotatable bonds is 8. The van der Waals surface area contributed by atoms with Crippen LogP contribution in [0.4, 0.5) is 0 Å². The summed E-state index contributed by atoms with van der Waals surface area (Å²) in [6.07, 6.45) is 7.09. The summed E-state index contributed by atoms with van der Waals surface area (Å²) in [4.78, 5) is 29.3. The standard InChI is InChI=1S/C21H30N4O2/c1-2-13-22-20(26)15-25-18-11-7-6-10-17(18)24-19(25)12-14-23-21(27)16-8-4-3-5-9-16/h6-7,10-11,16H,2-5,8-9,12-15H2,1H3,(H,22,26)(H,23,27). The molecule has 2 amide bonds. The van der Waals surface area contributed by atoms with E-state index in [1.54, 1.807) is 0 Å². The topological polar surface area (TPSA) is 76.0 Å². The van der Waals surface area contributed by atoms with E-state index < -0.39 is 0 Å². The molecule has 0 atom stereocenters. The van der Waals surface area contributed by atoms with Crippen LogP contribution in [0.15, 0.2) is 24.3 Å². The van der Waals surface area contributed by atoms with Crippen molar-refractivity contribution in [3.8, 4) is 0 Å². The minimum absolute atomic E-state index is 0.00695. The lowest BCUT2D eigenvalue weighted by molar-refractivity contribution is -0.126. The predicted molar refractivity (Wildman–Crippen MR) is 106 cm³/mol. The van der Waals surface area contributed by atoms with Crippen molar-refractivity contribution in [3.05, 3.63) is 30.1 Å². The fourth-order valence-corrected chi connectivity index (χ4v) is 3.76. The molecule has 1 fully saturated rings. The average Bonchev–Trinajstić information content (AvgIpc) is 3.04. The van der Waals surface area contributed by atoms with Crippen LogP contribution >= 0.6 is 0 Å². The van der Waals surface area contributed by atoms with Gasteiger partial charge < -0.3 is 15.2 Å². The molecular weight excluding hydrogens is 340 g/mol. The van der Waals surface area contributed by atoms with Gasteiger partial charge in [0, 0.05) is 25.4 Å². The Labute approximate surface area is 160 Å². The van der Waals surface area contributed by atoms with Gasteiger partial charge in [-0.15, -0.1) is 0 Å². The van der Waals surface area contributed by atoms with E-state index in [0.29, 0.717) is 19.5 Å². The van der Waals surface area contributed by atoms with E-state index in [1.165, 1.54) is 6.42 Å². The van der Waals surface area contributed by atoms with Crippen molar-refractivity contribution >= 4 is 22.8 Å². The highest BCUT2D eigenvalue weighted by Crippen LogP contribution is 2.23. The Hall–Kier alpha value is -2.37. The fourth-order valence-electron chi connectivity index (χ4n) is 3.76. The molecule has 1 aromatic carbocycles. The van der Waals surface area contributed by atoms with Crippen molar-refractivity contribution in [2.45, 2.75) is 58.4 Å². The molecule has 1 aliphatic rings. The third kappa shape index (κ3) is 5.08. The van der Waals surface area contributed by atoms with Crippen LogP contribution in [0.3, 0.4) is 0 Å². The highest BCUT2D eigenvalue weighted by molar-refractivity contribution is 5.81. The van der Waals surface area contributed by atoms with Crippen LogP contribution < -0.4 is 10.6 Å². The second-order valence-corrected chi connectivity index (χ2v) is 7.33. The summed E-state index contributed by atoms with van der Waals surface area (Å²) >= 11 is 0. The lowest BCUT2D eigenvalue weighted by Crippen LogP contribution is -2.34. The van der Waals surface area contributed by atoms with E-state index in [9.17, 15) is 9.59 Å². The molecule has 1 aromatic heterocycles. The van der Waals surface area contributed by atoms with Gasteiger partial charge in [0.25, 0.3) is 0 Å². The maximum absolute atomic E-state index is 12.3. The summed E-state index contributed by atoms with van der Waals surface area (Å²) in [7, 11) is 0. The van der Waals surface area contributed by atoms with Gasteiger partial charge in [-0.05, 0) is 31.4 Å². The van der Waals surface area contributed by atoms with Gasteiger partial charge in [-0.1, -0.05) is 38.3 Å². The number of hydrogen-bond donors (Lipinski definition) is 2. The van der Waals surface area contributed by atoms with Crippen molar-refractivity contribution in [3.63, 3.8) is 0 Å². The number of nitrogens with zero attached hydrogens (tertiary/aromatic N) is 2. The maximum Gasteiger partial charge on any atom is 0.240 e. The second kappa shape index (κ2) is 9.53. The zero-order valence-electron chi connectivity index (χ0n) is 16.2. The molecule has 6 nitrogen and oxygen atoms in total. The number of nitrogens with one attached hydrogen (secondary N) is 2. The van der Waals surface area contributed by atoms with Crippen LogP contribution in [0, 0.1) is 5.92 Å². The van der Waals surface area contributed by atoms with E-state index in [0.717, 1.165) is 49.0 Å². The number of fused-ring (bicyclic) bond motifs is 1. The molecule has 0 spiro atoms. The molecule has 2 N–H and O–H groups in total. The number of carbonyl (C=O) groups excluding carboxylic acids is 2. The molecule has 1 saturated carbocycles. The Kier molecular flexibility index (Phi) is 6.85. The molecule has 2 aromatic rings. The van der Waals surface area contributed by atoms with Gasteiger partial charge in [0.2, 0.25) is 11.8 Å². The van der Waals surface area contributed by atoms with Gasteiger partial charge in [-0.2, -0.15) is 0 Å². The van der Waals surface area contributed by atoms with Crippen LogP contribution in [-0.4, -0.2) is 34.5 Å². The molecule has 1 aliphatic carbocycles. The van der Waals surface area contributed by atoms with Gasteiger partial charge in [-0.25, -0.2) is 4.98 Å². The zero-order valence-corrected chi connectivity index (χ0v) is 16.2. The highest BCUT2D eigenvalue weighted by Gasteiger charge is 2.21. The van der Waals surface area contributed by atoms with Crippen molar-refractivity contribution < 1.29 is 9.59 Å². The van der Waals surface area contributed by atoms with E-state index in [-0.39, 0.29) is 24.3 Å². The SMILES string of the molecule is CCCNC(=O)Cn1c(CCNC(=O)C2CCCCC2)nc2ccccc21. The largest absolute Gasteiger partial charge is 0.355 e. The normalized spacial score (nSPS) is 15.0. The van der Waals surface area contributed by atoms with Gasteiger partial charge in [0.1, 0.15) is 12.4 Å². The summed E-state index contributed by atoms with van der Waals surface area (Å²) in [6, 6.07) is 7.85. The molecule has 0 unspecified atom stereocenters. The minimum Gasteiger partial charge on any atom is -0.355 e. The van der Waals surface area contributed by atoms with E-state index in [1.807, 2.05) is 35.8 Å². The highest BCUT2D eigenvalue weighted by atomic mass is 16.2. The predicted octanol–water partition coefficient (Wildman–Crippen LogP) is 2.80. The molecule has 27 heavy (non-hydrogen) atoms. The van der Waals surface area contributed by atoms with E-state index in [2.05, 4.69) is 15.6 Å². The third-order valence-corrected chi connectivity index (χ3v) is 5.23. The second-order valence-electron chi connectivity index (χ2n) is 7.33. The van der Waals surface area contributed by atoms with Crippen LogP contribution in [0.2, 0.25) is 0 Å². The third-order valence-electron chi connectivity index (χ3n) is 5.23. The van der Waals surface area contributed by atoms with Crippen LogP contribution in [0.5, 0.6) is 0 Å². The first-order chi connectivity index (χ1) is 13.2. The first-order valence-electron chi connectivity index (χ1n) is 10.2. The van der Waals surface area contributed by atoms with Crippen LogP contribution in [0.1, 0.15) is 51.3 Å². The van der Waals surface area contributed by atoms with Crippen molar-refractivity contribution in [1.82, 2.24) is 20.2 Å². The number of aromatic nitrogens is 2. The average molecular weight is 370 g/mol. The summed E-state index contributed by atoms with van der Waals surface area (Å²) < 4.78 is 1.97. The molecular formula is C21H30N4O2. The van der Waals surface area contributed by atoms with Crippen LogP contribution in [-0.2, 0) is 22.6 Å². The number of imidazole rings is 1. The van der Waals surface area contributed by atoms with E-state index >= 15 is 0 Å². The molecule has 0 bridgehead atoms. The Morgan fingerprint density at radius 1 is 1.11 bits per heavy atom. The first kappa shape index (κ1) is 19.4. The smallest absolute Gasteiger partial charge is 0.240 e. The van der Waals surface area contributed by atoms with E-state index in [4.69, 9.17) is 0 Å². The van der Waals surface area contributed by atoms with Crippen molar-refractivity contribution in [2.24, 2.45) is 5.92 Å². The zero-order chi connectivity index (χ0) is 19.1. The Morgan fingerprint density at radius 2 is 1.89 bits per heavy atom. The Bertz CT molecular complexity index is 778. The molecule has 0 radical (unpaired) electrons. The van der Waals surface area contributed by atoms with Gasteiger partial charge in [0.15, 0.2) is 0 Å².